The van der Waals surface area contributed by atoms with E-state index in [1.54, 1.807) is 6.92 Å². The first kappa shape index (κ1) is 13.9. The Labute approximate surface area is 89.4 Å². The van der Waals surface area contributed by atoms with Gasteiger partial charge in [0.2, 0.25) is 0 Å². The summed E-state index contributed by atoms with van der Waals surface area (Å²) in [6.07, 6.45) is 1.23. The molecule has 0 aromatic carbocycles. The number of hydrogen-bond donors (Lipinski definition) is 1. The Morgan fingerprint density at radius 3 is 2.60 bits per heavy atom. The number of carbonyl (C=O) groups is 2. The van der Waals surface area contributed by atoms with Gasteiger partial charge in [0.05, 0.1) is 12.5 Å². The molecule has 0 saturated carbocycles. The lowest BCUT2D eigenvalue weighted by Crippen LogP contribution is -2.16. The third kappa shape index (κ3) is 7.93. The molecule has 0 spiro atoms. The van der Waals surface area contributed by atoms with Crippen molar-refractivity contribution in [1.82, 2.24) is 0 Å². The molecule has 1 atom stereocenters. The van der Waals surface area contributed by atoms with E-state index in [1.165, 1.54) is 0 Å². The molecule has 0 saturated heterocycles. The monoisotopic (exact) mass is 218 g/mol. The summed E-state index contributed by atoms with van der Waals surface area (Å²) in [7, 11) is 0. The van der Waals surface area contributed by atoms with Crippen molar-refractivity contribution in [3.63, 3.8) is 0 Å². The maximum absolute atomic E-state index is 11.1. The fraction of sp³-hybridized carbons (Fsp3) is 0.800. The van der Waals surface area contributed by atoms with Gasteiger partial charge in [-0.25, -0.2) is 0 Å². The average Bonchev–Trinajstić information content (AvgIpc) is 2.21. The predicted molar refractivity (Wildman–Crippen MR) is 53.2 cm³/mol. The molecule has 5 heteroatoms. The van der Waals surface area contributed by atoms with Crippen molar-refractivity contribution < 1.29 is 24.2 Å². The zero-order valence-corrected chi connectivity index (χ0v) is 9.19. The van der Waals surface area contributed by atoms with E-state index in [4.69, 9.17) is 14.6 Å². The SMILES string of the molecule is CCC(C)C(=O)OCOCCCC(=O)O. The minimum Gasteiger partial charge on any atom is -0.481 e. The number of carboxylic acid groups (broad SMARTS) is 1. The molecular weight excluding hydrogens is 200 g/mol. The van der Waals surface area contributed by atoms with Gasteiger partial charge >= 0.3 is 11.9 Å². The van der Waals surface area contributed by atoms with E-state index in [0.29, 0.717) is 13.0 Å². The van der Waals surface area contributed by atoms with Crippen LogP contribution in [0.5, 0.6) is 0 Å². The highest BCUT2D eigenvalue weighted by molar-refractivity contribution is 5.71. The maximum Gasteiger partial charge on any atom is 0.310 e. The van der Waals surface area contributed by atoms with E-state index in [2.05, 4.69) is 0 Å². The van der Waals surface area contributed by atoms with E-state index in [0.717, 1.165) is 6.42 Å². The number of hydrogen-bond acceptors (Lipinski definition) is 4. The van der Waals surface area contributed by atoms with Crippen molar-refractivity contribution in [2.75, 3.05) is 13.4 Å². The average molecular weight is 218 g/mol. The number of carboxylic acids is 1. The standard InChI is InChI=1S/C10H18O5/c1-3-8(2)10(13)15-7-14-6-4-5-9(11)12/h8H,3-7H2,1-2H3,(H,11,12). The van der Waals surface area contributed by atoms with Gasteiger partial charge in [-0.15, -0.1) is 0 Å². The Morgan fingerprint density at radius 2 is 2.07 bits per heavy atom. The van der Waals surface area contributed by atoms with Gasteiger partial charge in [-0.1, -0.05) is 13.8 Å². The van der Waals surface area contributed by atoms with Gasteiger partial charge in [-0.05, 0) is 12.8 Å². The summed E-state index contributed by atoms with van der Waals surface area (Å²) in [6, 6.07) is 0. The molecule has 0 rings (SSSR count). The Hall–Kier alpha value is -1.10. The van der Waals surface area contributed by atoms with Crippen LogP contribution in [0.1, 0.15) is 33.1 Å². The summed E-state index contributed by atoms with van der Waals surface area (Å²) < 4.78 is 9.74. The number of esters is 1. The minimum absolute atomic E-state index is 0.0688. The van der Waals surface area contributed by atoms with Gasteiger partial charge in [0.15, 0.2) is 6.79 Å². The van der Waals surface area contributed by atoms with Crippen molar-refractivity contribution in [3.05, 3.63) is 0 Å². The maximum atomic E-state index is 11.1. The van der Waals surface area contributed by atoms with Gasteiger partial charge in [-0.3, -0.25) is 9.59 Å². The van der Waals surface area contributed by atoms with Crippen LogP contribution in [-0.4, -0.2) is 30.4 Å². The van der Waals surface area contributed by atoms with Gasteiger partial charge in [0.1, 0.15) is 0 Å². The Morgan fingerprint density at radius 1 is 1.40 bits per heavy atom. The lowest BCUT2D eigenvalue weighted by Gasteiger charge is -2.09. The molecule has 0 aromatic heterocycles. The molecule has 1 N–H and O–H groups in total. The Bertz CT molecular complexity index is 202. The number of ether oxygens (including phenoxy) is 2. The van der Waals surface area contributed by atoms with Crippen LogP contribution in [0.15, 0.2) is 0 Å². The summed E-state index contributed by atoms with van der Waals surface area (Å²) in [5.41, 5.74) is 0. The largest absolute Gasteiger partial charge is 0.481 e. The topological polar surface area (TPSA) is 72.8 Å². The first-order valence-corrected chi connectivity index (χ1v) is 5.04. The molecule has 0 bridgehead atoms. The van der Waals surface area contributed by atoms with Gasteiger partial charge < -0.3 is 14.6 Å². The minimum atomic E-state index is -0.852. The summed E-state index contributed by atoms with van der Waals surface area (Å²) in [6.45, 7) is 3.88. The second-order valence-corrected chi connectivity index (χ2v) is 3.30. The first-order valence-electron chi connectivity index (χ1n) is 5.04. The smallest absolute Gasteiger partial charge is 0.310 e. The molecule has 0 fully saturated rings. The highest BCUT2D eigenvalue weighted by Gasteiger charge is 2.11. The molecule has 15 heavy (non-hydrogen) atoms. The molecule has 0 radical (unpaired) electrons. The van der Waals surface area contributed by atoms with E-state index in [1.807, 2.05) is 6.92 Å². The third-order valence-corrected chi connectivity index (χ3v) is 1.98. The van der Waals surface area contributed by atoms with Crippen LogP contribution >= 0.6 is 0 Å². The highest BCUT2D eigenvalue weighted by Crippen LogP contribution is 2.03. The quantitative estimate of drug-likeness (QED) is 0.379. The number of rotatable bonds is 8. The van der Waals surface area contributed by atoms with Crippen LogP contribution in [0, 0.1) is 5.92 Å². The van der Waals surface area contributed by atoms with E-state index in [-0.39, 0.29) is 25.1 Å². The highest BCUT2D eigenvalue weighted by atomic mass is 16.7. The zero-order valence-electron chi connectivity index (χ0n) is 9.19. The van der Waals surface area contributed by atoms with Gasteiger partial charge in [0, 0.05) is 6.42 Å². The molecule has 0 aliphatic heterocycles. The van der Waals surface area contributed by atoms with Crippen molar-refractivity contribution in [2.45, 2.75) is 33.1 Å². The second kappa shape index (κ2) is 8.23. The lowest BCUT2D eigenvalue weighted by molar-refractivity contribution is -0.161. The van der Waals surface area contributed by atoms with E-state index in [9.17, 15) is 9.59 Å². The van der Waals surface area contributed by atoms with E-state index >= 15 is 0 Å². The normalized spacial score (nSPS) is 12.1. The van der Waals surface area contributed by atoms with Crippen LogP contribution in [-0.2, 0) is 19.1 Å². The van der Waals surface area contributed by atoms with Crippen molar-refractivity contribution in [2.24, 2.45) is 5.92 Å². The summed E-state index contributed by atoms with van der Waals surface area (Å²) in [4.78, 5) is 21.2. The molecule has 1 unspecified atom stereocenters. The second-order valence-electron chi connectivity index (χ2n) is 3.30. The third-order valence-electron chi connectivity index (χ3n) is 1.98. The fourth-order valence-electron chi connectivity index (χ4n) is 0.793. The summed E-state index contributed by atoms with van der Waals surface area (Å²) in [5, 5.41) is 8.32. The van der Waals surface area contributed by atoms with Crippen LogP contribution in [0.4, 0.5) is 0 Å². The molecule has 5 nitrogen and oxygen atoms in total. The zero-order chi connectivity index (χ0) is 11.7. The lowest BCUT2D eigenvalue weighted by atomic mass is 10.1. The van der Waals surface area contributed by atoms with Crippen molar-refractivity contribution in [3.8, 4) is 0 Å². The molecule has 0 heterocycles. The summed E-state index contributed by atoms with van der Waals surface area (Å²) >= 11 is 0. The molecule has 0 aromatic rings. The number of carbonyl (C=O) groups excluding carboxylic acids is 1. The molecule has 0 aliphatic rings. The predicted octanol–water partition coefficient (Wildman–Crippen LogP) is 1.41. The molecule has 0 amide bonds. The molecular formula is C10H18O5. The van der Waals surface area contributed by atoms with Crippen molar-refractivity contribution in [1.29, 1.82) is 0 Å². The van der Waals surface area contributed by atoms with Crippen LogP contribution < -0.4 is 0 Å². The van der Waals surface area contributed by atoms with Crippen molar-refractivity contribution >= 4 is 11.9 Å². The van der Waals surface area contributed by atoms with E-state index < -0.39 is 5.97 Å². The number of aliphatic carboxylic acids is 1. The Balaban J connectivity index is 3.31. The fourth-order valence-corrected chi connectivity index (χ4v) is 0.793. The first-order chi connectivity index (χ1) is 7.07. The Kier molecular flexibility index (Phi) is 7.62. The van der Waals surface area contributed by atoms with Crippen LogP contribution in [0.3, 0.4) is 0 Å². The van der Waals surface area contributed by atoms with Crippen LogP contribution in [0.25, 0.3) is 0 Å². The van der Waals surface area contributed by atoms with Crippen LogP contribution in [0.2, 0.25) is 0 Å². The van der Waals surface area contributed by atoms with Gasteiger partial charge in [0.25, 0.3) is 0 Å². The molecule has 88 valence electrons. The summed E-state index contributed by atoms with van der Waals surface area (Å²) in [5.74, 6) is -1.25. The van der Waals surface area contributed by atoms with Gasteiger partial charge in [-0.2, -0.15) is 0 Å². The molecule has 0 aliphatic carbocycles.